The van der Waals surface area contributed by atoms with Crippen LogP contribution in [0.25, 0.3) is 0 Å². The zero-order chi connectivity index (χ0) is 23.4. The van der Waals surface area contributed by atoms with Gasteiger partial charge < -0.3 is 9.90 Å². The molecule has 0 aromatic carbocycles. The summed E-state index contributed by atoms with van der Waals surface area (Å²) in [6.07, 6.45) is 25.1. The number of carbonyl (C=O) groups is 1. The third kappa shape index (κ3) is 30.6. The fourth-order valence-electron chi connectivity index (χ4n) is 3.72. The molecule has 0 saturated heterocycles. The first-order valence-corrected chi connectivity index (χ1v) is 18.3. The Morgan fingerprint density at radius 2 is 1.03 bits per heavy atom. The van der Waals surface area contributed by atoms with Gasteiger partial charge >= 0.3 is 121 Å². The van der Waals surface area contributed by atoms with Crippen molar-refractivity contribution in [2.45, 2.75) is 152 Å². The van der Waals surface area contributed by atoms with Crippen LogP contribution in [0.2, 0.25) is 8.87 Å². The molecule has 1 atom stereocenters. The fraction of sp³-hybridized carbons (Fsp3) is 0.963. The number of unbranched alkanes of at least 4 members (excludes halogenated alkanes) is 14. The number of carboxylic acids is 1. The molecule has 0 heterocycles. The summed E-state index contributed by atoms with van der Waals surface area (Å²) < 4.78 is 3.31. The van der Waals surface area contributed by atoms with Crippen LogP contribution in [0.1, 0.15) is 143 Å². The molecular formula is C27H55O2SSn. The molecule has 1 radical (unpaired) electrons. The van der Waals surface area contributed by atoms with Gasteiger partial charge in [-0.15, -0.1) is 0 Å². The SMILES string of the molecule is CCCCCCCC(CCS)C(=O)[O-].CCCCCCC[CH2][Sn+][CH2]CCCCCCC. The summed E-state index contributed by atoms with van der Waals surface area (Å²) in [5, 5.41) is 10.7. The van der Waals surface area contributed by atoms with E-state index < -0.39 is 5.97 Å². The summed E-state index contributed by atoms with van der Waals surface area (Å²) in [6, 6.07) is 0. The Morgan fingerprint density at radius 3 is 1.42 bits per heavy atom. The second-order valence-corrected chi connectivity index (χ2v) is 13.7. The molecule has 0 aliphatic carbocycles. The Hall–Kier alpha value is 0.619. The van der Waals surface area contributed by atoms with Crippen molar-refractivity contribution in [3.8, 4) is 0 Å². The third-order valence-electron chi connectivity index (χ3n) is 5.88. The molecule has 0 aliphatic rings. The van der Waals surface area contributed by atoms with Gasteiger partial charge in [0.25, 0.3) is 0 Å². The summed E-state index contributed by atoms with van der Waals surface area (Å²) >= 11 is 4.12. The van der Waals surface area contributed by atoms with Gasteiger partial charge in [-0.1, -0.05) is 39.0 Å². The molecule has 0 spiro atoms. The first kappa shape index (κ1) is 33.8. The van der Waals surface area contributed by atoms with Crippen molar-refractivity contribution < 1.29 is 9.90 Å². The van der Waals surface area contributed by atoms with E-state index in [9.17, 15) is 9.90 Å². The maximum atomic E-state index is 10.7. The van der Waals surface area contributed by atoms with Crippen LogP contribution < -0.4 is 5.11 Å². The van der Waals surface area contributed by atoms with Crippen molar-refractivity contribution in [1.82, 2.24) is 0 Å². The molecule has 0 saturated carbocycles. The zero-order valence-corrected chi connectivity index (χ0v) is 25.1. The predicted molar refractivity (Wildman–Crippen MR) is 142 cm³/mol. The zero-order valence-electron chi connectivity index (χ0n) is 21.4. The molecule has 0 rings (SSSR count). The number of hydrogen-bond donors (Lipinski definition) is 1. The molecule has 185 valence electrons. The quantitative estimate of drug-likeness (QED) is 0.0774. The normalized spacial score (nSPS) is 11.6. The van der Waals surface area contributed by atoms with Gasteiger partial charge in [-0.2, -0.15) is 12.6 Å². The molecule has 0 fully saturated rings. The average Bonchev–Trinajstić information content (AvgIpc) is 2.76. The van der Waals surface area contributed by atoms with E-state index in [1.54, 1.807) is 21.7 Å². The average molecular weight is 563 g/mol. The summed E-state index contributed by atoms with van der Waals surface area (Å²) in [5.41, 5.74) is 0. The number of aliphatic carboxylic acids is 1. The van der Waals surface area contributed by atoms with E-state index in [2.05, 4.69) is 33.4 Å². The molecule has 0 bridgehead atoms. The van der Waals surface area contributed by atoms with Crippen LogP contribution in [0.5, 0.6) is 0 Å². The van der Waals surface area contributed by atoms with E-state index >= 15 is 0 Å². The molecule has 0 aromatic rings. The minimum atomic E-state index is -0.908. The summed E-state index contributed by atoms with van der Waals surface area (Å²) in [7, 11) is 0. The van der Waals surface area contributed by atoms with Gasteiger partial charge in [0.05, 0.1) is 0 Å². The number of carbonyl (C=O) groups excluding carboxylic acids is 1. The summed E-state index contributed by atoms with van der Waals surface area (Å²) in [4.78, 5) is 10.7. The van der Waals surface area contributed by atoms with Crippen LogP contribution in [0.15, 0.2) is 0 Å². The topological polar surface area (TPSA) is 40.1 Å². The van der Waals surface area contributed by atoms with Gasteiger partial charge in [-0.05, 0) is 24.5 Å². The minimum absolute atomic E-state index is 0.0736. The molecule has 0 aromatic heterocycles. The molecule has 4 heteroatoms. The number of rotatable bonds is 23. The monoisotopic (exact) mass is 563 g/mol. The molecule has 0 N–H and O–H groups in total. The molecule has 31 heavy (non-hydrogen) atoms. The van der Waals surface area contributed by atoms with Gasteiger partial charge in [0.2, 0.25) is 0 Å². The van der Waals surface area contributed by atoms with E-state index in [1.165, 1.54) is 83.5 Å². The van der Waals surface area contributed by atoms with Gasteiger partial charge in [0, 0.05) is 5.97 Å². The first-order valence-electron chi connectivity index (χ1n) is 13.7. The second kappa shape index (κ2) is 30.6. The van der Waals surface area contributed by atoms with Crippen LogP contribution in [0.3, 0.4) is 0 Å². The molecule has 0 aliphatic heterocycles. The molecular weight excluding hydrogens is 507 g/mol. The van der Waals surface area contributed by atoms with Crippen LogP contribution in [-0.2, 0) is 4.79 Å². The van der Waals surface area contributed by atoms with Gasteiger partial charge in [-0.25, -0.2) is 0 Å². The standard InChI is InChI=1S/C11H22O2S.2C8H17.Sn/c1-2-3-4-5-6-7-10(8-9-14)11(12)13;2*1-3-5-7-8-6-4-2;/h10,14H,2-9H2,1H3,(H,12,13);2*1,3-8H2,2H3;/q;;;+1/p-1. The van der Waals surface area contributed by atoms with Crippen molar-refractivity contribution in [3.63, 3.8) is 0 Å². The van der Waals surface area contributed by atoms with Crippen LogP contribution in [0.4, 0.5) is 0 Å². The fourth-order valence-corrected chi connectivity index (χ4v) is 7.60. The maximum absolute atomic E-state index is 10.7. The van der Waals surface area contributed by atoms with E-state index in [0.717, 1.165) is 19.3 Å². The summed E-state index contributed by atoms with van der Waals surface area (Å²) in [6.45, 7) is 6.77. The second-order valence-electron chi connectivity index (χ2n) is 9.02. The molecule has 1 unspecified atom stereocenters. The van der Waals surface area contributed by atoms with E-state index in [-0.39, 0.29) is 27.1 Å². The van der Waals surface area contributed by atoms with Gasteiger partial charge in [0.1, 0.15) is 0 Å². The van der Waals surface area contributed by atoms with Crippen LogP contribution >= 0.6 is 12.6 Å². The Kier molecular flexibility index (Phi) is 33.4. The first-order chi connectivity index (χ1) is 15.1. The predicted octanol–water partition coefficient (Wildman–Crippen LogP) is 8.28. The summed E-state index contributed by atoms with van der Waals surface area (Å²) in [5.74, 6) is -0.559. The van der Waals surface area contributed by atoms with E-state index in [4.69, 9.17) is 0 Å². The Labute approximate surface area is 212 Å². The molecule has 2 nitrogen and oxygen atoms in total. The molecule has 0 amide bonds. The van der Waals surface area contributed by atoms with Crippen LogP contribution in [0, 0.1) is 5.92 Å². The number of carboxylic acid groups (broad SMARTS) is 1. The van der Waals surface area contributed by atoms with Crippen molar-refractivity contribution in [3.05, 3.63) is 0 Å². The number of thiol groups is 1. The Morgan fingerprint density at radius 1 is 0.645 bits per heavy atom. The third-order valence-corrected chi connectivity index (χ3v) is 10.2. The van der Waals surface area contributed by atoms with Gasteiger partial charge in [-0.3, -0.25) is 0 Å². The number of hydrogen-bond acceptors (Lipinski definition) is 3. The Bertz CT molecular complexity index is 325. The Balaban J connectivity index is 0. The van der Waals surface area contributed by atoms with Crippen molar-refractivity contribution in [2.24, 2.45) is 5.92 Å². The van der Waals surface area contributed by atoms with E-state index in [1.807, 2.05) is 0 Å². The van der Waals surface area contributed by atoms with Crippen LogP contribution in [-0.4, -0.2) is 32.9 Å². The van der Waals surface area contributed by atoms with Crippen molar-refractivity contribution in [2.75, 3.05) is 5.75 Å². The van der Waals surface area contributed by atoms with Gasteiger partial charge in [0.15, 0.2) is 0 Å². The van der Waals surface area contributed by atoms with Crippen molar-refractivity contribution >= 4 is 39.7 Å². The van der Waals surface area contributed by atoms with Crippen molar-refractivity contribution in [1.29, 1.82) is 0 Å². The van der Waals surface area contributed by atoms with E-state index in [0.29, 0.717) is 12.2 Å².